The maximum absolute atomic E-state index is 10.9. The number of ether oxygens (including phenoxy) is 1. The van der Waals surface area contributed by atoms with E-state index in [1.54, 1.807) is 6.20 Å². The lowest BCUT2D eigenvalue weighted by Crippen LogP contribution is -2.46. The van der Waals surface area contributed by atoms with Gasteiger partial charge in [-0.05, 0) is 46.6 Å². The van der Waals surface area contributed by atoms with Crippen LogP contribution in [0, 0.1) is 0 Å². The van der Waals surface area contributed by atoms with Crippen LogP contribution in [-0.4, -0.2) is 31.7 Å². The Morgan fingerprint density at radius 1 is 1.39 bits per heavy atom. The van der Waals surface area contributed by atoms with Crippen molar-refractivity contribution in [3.63, 3.8) is 0 Å². The van der Waals surface area contributed by atoms with Crippen LogP contribution in [0.25, 0.3) is 0 Å². The monoisotopic (exact) mass is 252 g/mol. The quantitative estimate of drug-likeness (QED) is 0.895. The Kier molecular flexibility index (Phi) is 3.06. The van der Waals surface area contributed by atoms with Gasteiger partial charge in [0, 0.05) is 25.4 Å². The summed E-state index contributed by atoms with van der Waals surface area (Å²) in [6, 6.07) is 2.00. The van der Waals surface area contributed by atoms with Gasteiger partial charge in [0.2, 0.25) is 0 Å². The highest BCUT2D eigenvalue weighted by atomic mass is 16.5. The summed E-state index contributed by atoms with van der Waals surface area (Å²) in [4.78, 5) is 0. The number of nitrogens with zero attached hydrogens (tertiary/aromatic N) is 2. The summed E-state index contributed by atoms with van der Waals surface area (Å²) in [6.45, 7) is 8.03. The van der Waals surface area contributed by atoms with E-state index in [1.165, 1.54) is 0 Å². The molecule has 1 aromatic heterocycles. The third-order valence-electron chi connectivity index (χ3n) is 4.09. The molecule has 4 nitrogen and oxygen atoms in total. The number of aliphatic hydroxyl groups is 1. The Morgan fingerprint density at radius 2 is 2.06 bits per heavy atom. The Labute approximate surface area is 109 Å². The predicted octanol–water partition coefficient (Wildman–Crippen LogP) is 2.06. The minimum atomic E-state index is -0.777. The van der Waals surface area contributed by atoms with Gasteiger partial charge in [-0.1, -0.05) is 0 Å². The Balaban J connectivity index is 2.10. The van der Waals surface area contributed by atoms with Crippen LogP contribution in [0.15, 0.2) is 12.3 Å². The maximum Gasteiger partial charge on any atom is 0.0961 e. The van der Waals surface area contributed by atoms with Crippen LogP contribution in [0.5, 0.6) is 0 Å². The van der Waals surface area contributed by atoms with Gasteiger partial charge in [0.1, 0.15) is 0 Å². The van der Waals surface area contributed by atoms with Gasteiger partial charge in [-0.25, -0.2) is 0 Å². The molecule has 1 saturated heterocycles. The molecule has 0 radical (unpaired) electrons. The van der Waals surface area contributed by atoms with E-state index < -0.39 is 11.2 Å². The number of hydrogen-bond acceptors (Lipinski definition) is 3. The van der Waals surface area contributed by atoms with Gasteiger partial charge in [0.05, 0.1) is 16.8 Å². The lowest BCUT2D eigenvalue weighted by molar-refractivity contribution is -0.128. The molecule has 102 valence electrons. The molecule has 0 aromatic carbocycles. The Bertz CT molecular complexity index is 437. The maximum atomic E-state index is 10.9. The zero-order chi connectivity index (χ0) is 13.6. The molecule has 2 rings (SSSR count). The number of hydrogen-bond donors (Lipinski definition) is 1. The highest BCUT2D eigenvalue weighted by molar-refractivity contribution is 5.09. The first-order valence-corrected chi connectivity index (χ1v) is 6.55. The molecule has 0 amide bonds. The summed E-state index contributed by atoms with van der Waals surface area (Å²) in [6.07, 6.45) is 3.98. The number of aromatic nitrogens is 2. The molecule has 1 atom stereocenters. The van der Waals surface area contributed by atoms with Crippen molar-refractivity contribution in [3.05, 3.63) is 18.0 Å². The lowest BCUT2D eigenvalue weighted by Gasteiger charge is -2.35. The van der Waals surface area contributed by atoms with E-state index in [-0.39, 0.29) is 5.60 Å². The van der Waals surface area contributed by atoms with Gasteiger partial charge in [0.25, 0.3) is 0 Å². The van der Waals surface area contributed by atoms with E-state index in [2.05, 4.69) is 5.10 Å². The zero-order valence-electron chi connectivity index (χ0n) is 12.0. The fourth-order valence-corrected chi connectivity index (χ4v) is 3.11. The van der Waals surface area contributed by atoms with Crippen LogP contribution in [0.4, 0.5) is 0 Å². The summed E-state index contributed by atoms with van der Waals surface area (Å²) >= 11 is 0. The molecule has 0 saturated carbocycles. The van der Waals surface area contributed by atoms with E-state index in [1.807, 2.05) is 45.5 Å². The lowest BCUT2D eigenvalue weighted by atomic mass is 9.79. The molecule has 1 unspecified atom stereocenters. The summed E-state index contributed by atoms with van der Waals surface area (Å²) in [5.41, 5.74) is -0.399. The third kappa shape index (κ3) is 2.31. The van der Waals surface area contributed by atoms with E-state index in [0.29, 0.717) is 12.8 Å². The Morgan fingerprint density at radius 3 is 2.50 bits per heavy atom. The molecule has 1 fully saturated rings. The molecule has 0 spiro atoms. The molecule has 1 aliphatic heterocycles. The third-order valence-corrected chi connectivity index (χ3v) is 4.09. The van der Waals surface area contributed by atoms with Crippen molar-refractivity contribution in [2.45, 2.75) is 63.8 Å². The zero-order valence-corrected chi connectivity index (χ0v) is 12.0. The van der Waals surface area contributed by atoms with Crippen molar-refractivity contribution in [2.24, 2.45) is 7.05 Å². The minimum Gasteiger partial charge on any atom is -0.387 e. The molecule has 1 aliphatic rings. The molecular formula is C14H24N2O2. The molecule has 2 heterocycles. The highest BCUT2D eigenvalue weighted by Gasteiger charge is 2.55. The number of aryl methyl sites for hydroxylation is 2. The molecule has 4 heteroatoms. The fraction of sp³-hybridized carbons (Fsp3) is 0.786. The summed E-state index contributed by atoms with van der Waals surface area (Å²) in [5.74, 6) is 0. The van der Waals surface area contributed by atoms with Crippen LogP contribution < -0.4 is 0 Å². The summed E-state index contributed by atoms with van der Waals surface area (Å²) in [5, 5.41) is 15.0. The summed E-state index contributed by atoms with van der Waals surface area (Å²) < 4.78 is 7.84. The second-order valence-corrected chi connectivity index (χ2v) is 6.53. The first kappa shape index (κ1) is 13.6. The molecular weight excluding hydrogens is 228 g/mol. The topological polar surface area (TPSA) is 47.3 Å². The molecule has 0 aliphatic carbocycles. The van der Waals surface area contributed by atoms with Crippen molar-refractivity contribution >= 4 is 0 Å². The van der Waals surface area contributed by atoms with Gasteiger partial charge in [-0.15, -0.1) is 0 Å². The van der Waals surface area contributed by atoms with Crippen LogP contribution in [-0.2, 0) is 18.2 Å². The molecule has 0 bridgehead atoms. The van der Waals surface area contributed by atoms with Gasteiger partial charge in [-0.2, -0.15) is 5.10 Å². The largest absolute Gasteiger partial charge is 0.387 e. The van der Waals surface area contributed by atoms with Crippen molar-refractivity contribution in [2.75, 3.05) is 0 Å². The second-order valence-electron chi connectivity index (χ2n) is 6.53. The van der Waals surface area contributed by atoms with E-state index in [0.717, 1.165) is 12.1 Å². The first-order valence-electron chi connectivity index (χ1n) is 6.55. The fourth-order valence-electron chi connectivity index (χ4n) is 3.11. The van der Waals surface area contributed by atoms with E-state index in [9.17, 15) is 5.11 Å². The van der Waals surface area contributed by atoms with Gasteiger partial charge >= 0.3 is 0 Å². The average molecular weight is 252 g/mol. The van der Waals surface area contributed by atoms with Crippen LogP contribution in [0.2, 0.25) is 0 Å². The van der Waals surface area contributed by atoms with Crippen molar-refractivity contribution < 1.29 is 9.84 Å². The van der Waals surface area contributed by atoms with E-state index >= 15 is 0 Å². The Hall–Kier alpha value is -0.870. The van der Waals surface area contributed by atoms with E-state index in [4.69, 9.17) is 4.74 Å². The first-order chi connectivity index (χ1) is 8.15. The van der Waals surface area contributed by atoms with Crippen LogP contribution >= 0.6 is 0 Å². The van der Waals surface area contributed by atoms with Crippen LogP contribution in [0.3, 0.4) is 0 Å². The molecule has 1 aromatic rings. The van der Waals surface area contributed by atoms with Gasteiger partial charge < -0.3 is 9.84 Å². The standard InChI is InChI=1S/C14H24N2O2/c1-12(2)10-14(17,13(3,4)18-12)8-6-11-7-9-15-16(11)5/h7,9,17H,6,8,10H2,1-5H3. The number of rotatable bonds is 3. The van der Waals surface area contributed by atoms with Gasteiger partial charge in [0.15, 0.2) is 0 Å². The average Bonchev–Trinajstić information content (AvgIpc) is 2.64. The van der Waals surface area contributed by atoms with Crippen molar-refractivity contribution in [1.29, 1.82) is 0 Å². The molecule has 1 N–H and O–H groups in total. The highest BCUT2D eigenvalue weighted by Crippen LogP contribution is 2.47. The molecule has 18 heavy (non-hydrogen) atoms. The van der Waals surface area contributed by atoms with Crippen molar-refractivity contribution in [1.82, 2.24) is 9.78 Å². The predicted molar refractivity (Wildman–Crippen MR) is 70.3 cm³/mol. The van der Waals surface area contributed by atoms with Crippen LogP contribution in [0.1, 0.15) is 46.2 Å². The van der Waals surface area contributed by atoms with Crippen molar-refractivity contribution in [3.8, 4) is 0 Å². The summed E-state index contributed by atoms with van der Waals surface area (Å²) in [7, 11) is 1.93. The van der Waals surface area contributed by atoms with Gasteiger partial charge in [-0.3, -0.25) is 4.68 Å². The smallest absolute Gasteiger partial charge is 0.0961 e. The normalized spacial score (nSPS) is 29.7. The SMILES string of the molecule is Cn1nccc1CCC1(O)CC(C)(C)OC1(C)C. The minimum absolute atomic E-state index is 0.259. The second kappa shape index (κ2) is 4.07.